The SMILES string of the molecule is C=CCc1cccc(CCOC)c1. The molecule has 13 heavy (non-hydrogen) atoms. The predicted molar refractivity (Wildman–Crippen MR) is 55.9 cm³/mol. The van der Waals surface area contributed by atoms with Crippen molar-refractivity contribution < 1.29 is 4.74 Å². The van der Waals surface area contributed by atoms with E-state index in [1.807, 2.05) is 6.08 Å². The van der Waals surface area contributed by atoms with Crippen LogP contribution in [0.1, 0.15) is 11.1 Å². The normalized spacial score (nSPS) is 9.92. The number of methoxy groups -OCH3 is 1. The summed E-state index contributed by atoms with van der Waals surface area (Å²) in [5.74, 6) is 0. The van der Waals surface area contributed by atoms with Gasteiger partial charge in [-0.1, -0.05) is 30.3 Å². The van der Waals surface area contributed by atoms with Crippen molar-refractivity contribution in [3.8, 4) is 0 Å². The maximum absolute atomic E-state index is 5.03. The van der Waals surface area contributed by atoms with E-state index < -0.39 is 0 Å². The summed E-state index contributed by atoms with van der Waals surface area (Å²) in [6.45, 7) is 4.51. The fourth-order valence-corrected chi connectivity index (χ4v) is 1.30. The maximum Gasteiger partial charge on any atom is 0.0502 e. The third-order valence-corrected chi connectivity index (χ3v) is 1.97. The summed E-state index contributed by atoms with van der Waals surface area (Å²) in [5.41, 5.74) is 2.66. The molecule has 0 saturated carbocycles. The highest BCUT2D eigenvalue weighted by molar-refractivity contribution is 5.25. The van der Waals surface area contributed by atoms with Gasteiger partial charge in [-0.25, -0.2) is 0 Å². The van der Waals surface area contributed by atoms with Gasteiger partial charge < -0.3 is 4.74 Å². The van der Waals surface area contributed by atoms with Crippen LogP contribution in [0, 0.1) is 0 Å². The Bertz CT molecular complexity index is 266. The summed E-state index contributed by atoms with van der Waals surface area (Å²) in [6, 6.07) is 8.55. The van der Waals surface area contributed by atoms with Crippen molar-refractivity contribution in [2.45, 2.75) is 12.8 Å². The fourth-order valence-electron chi connectivity index (χ4n) is 1.30. The van der Waals surface area contributed by atoms with E-state index in [0.29, 0.717) is 0 Å². The van der Waals surface area contributed by atoms with Crippen molar-refractivity contribution in [1.29, 1.82) is 0 Å². The molecule has 0 bridgehead atoms. The molecule has 0 unspecified atom stereocenters. The number of hydrogen-bond donors (Lipinski definition) is 0. The van der Waals surface area contributed by atoms with Crippen molar-refractivity contribution in [1.82, 2.24) is 0 Å². The van der Waals surface area contributed by atoms with Crippen molar-refractivity contribution in [3.63, 3.8) is 0 Å². The van der Waals surface area contributed by atoms with E-state index in [1.165, 1.54) is 11.1 Å². The van der Waals surface area contributed by atoms with Crippen LogP contribution in [-0.4, -0.2) is 13.7 Å². The summed E-state index contributed by atoms with van der Waals surface area (Å²) in [4.78, 5) is 0. The zero-order valence-electron chi connectivity index (χ0n) is 8.12. The molecule has 0 amide bonds. The molecule has 1 aromatic carbocycles. The second-order valence-electron chi connectivity index (χ2n) is 3.06. The van der Waals surface area contributed by atoms with Crippen LogP contribution >= 0.6 is 0 Å². The molecule has 1 nitrogen and oxygen atoms in total. The topological polar surface area (TPSA) is 9.23 Å². The number of allylic oxidation sites excluding steroid dienone is 1. The van der Waals surface area contributed by atoms with E-state index >= 15 is 0 Å². The van der Waals surface area contributed by atoms with Gasteiger partial charge in [-0.15, -0.1) is 6.58 Å². The van der Waals surface area contributed by atoms with E-state index in [9.17, 15) is 0 Å². The quantitative estimate of drug-likeness (QED) is 0.627. The Morgan fingerprint density at radius 3 is 2.85 bits per heavy atom. The summed E-state index contributed by atoms with van der Waals surface area (Å²) < 4.78 is 5.03. The number of ether oxygens (including phenoxy) is 1. The van der Waals surface area contributed by atoms with Crippen molar-refractivity contribution in [3.05, 3.63) is 48.0 Å². The second kappa shape index (κ2) is 5.55. The summed E-state index contributed by atoms with van der Waals surface area (Å²) in [7, 11) is 1.73. The van der Waals surface area contributed by atoms with Gasteiger partial charge in [0.05, 0.1) is 6.61 Å². The molecule has 1 rings (SSSR count). The van der Waals surface area contributed by atoms with Gasteiger partial charge >= 0.3 is 0 Å². The first-order chi connectivity index (χ1) is 6.36. The highest BCUT2D eigenvalue weighted by atomic mass is 16.5. The second-order valence-corrected chi connectivity index (χ2v) is 3.06. The first-order valence-electron chi connectivity index (χ1n) is 4.54. The molecule has 0 saturated heterocycles. The summed E-state index contributed by atoms with van der Waals surface area (Å²) in [5, 5.41) is 0. The standard InChI is InChI=1S/C12H16O/c1-3-5-11-6-4-7-12(10-11)8-9-13-2/h3-4,6-7,10H,1,5,8-9H2,2H3. The Morgan fingerprint density at radius 1 is 1.38 bits per heavy atom. The number of rotatable bonds is 5. The van der Waals surface area contributed by atoms with Crippen LogP contribution in [0.3, 0.4) is 0 Å². The van der Waals surface area contributed by atoms with Gasteiger partial charge in [-0.05, 0) is 24.0 Å². The largest absolute Gasteiger partial charge is 0.384 e. The van der Waals surface area contributed by atoms with Gasteiger partial charge in [0.15, 0.2) is 0 Å². The van der Waals surface area contributed by atoms with Gasteiger partial charge in [-0.2, -0.15) is 0 Å². The molecule has 0 aliphatic heterocycles. The Kier molecular flexibility index (Phi) is 4.27. The third-order valence-electron chi connectivity index (χ3n) is 1.97. The Morgan fingerprint density at radius 2 is 2.15 bits per heavy atom. The van der Waals surface area contributed by atoms with Gasteiger partial charge in [0.1, 0.15) is 0 Å². The molecule has 0 spiro atoms. The molecule has 0 atom stereocenters. The van der Waals surface area contributed by atoms with Crippen LogP contribution in [0.2, 0.25) is 0 Å². The monoisotopic (exact) mass is 176 g/mol. The van der Waals surface area contributed by atoms with Gasteiger partial charge in [0.2, 0.25) is 0 Å². The Balaban J connectivity index is 2.61. The van der Waals surface area contributed by atoms with Crippen LogP contribution in [0.15, 0.2) is 36.9 Å². The first kappa shape index (κ1) is 10.0. The van der Waals surface area contributed by atoms with E-state index in [1.54, 1.807) is 7.11 Å². The van der Waals surface area contributed by atoms with E-state index in [0.717, 1.165) is 19.4 Å². The molecule has 0 radical (unpaired) electrons. The van der Waals surface area contributed by atoms with Crippen molar-refractivity contribution in [2.24, 2.45) is 0 Å². The lowest BCUT2D eigenvalue weighted by molar-refractivity contribution is 0.202. The highest BCUT2D eigenvalue weighted by Gasteiger charge is 1.94. The molecule has 70 valence electrons. The van der Waals surface area contributed by atoms with Crippen LogP contribution in [0.25, 0.3) is 0 Å². The van der Waals surface area contributed by atoms with Gasteiger partial charge in [0.25, 0.3) is 0 Å². The molecular weight excluding hydrogens is 160 g/mol. The molecular formula is C12H16O. The Labute approximate surface area is 80.0 Å². The zero-order valence-corrected chi connectivity index (χ0v) is 8.12. The lowest BCUT2D eigenvalue weighted by atomic mass is 10.1. The summed E-state index contributed by atoms with van der Waals surface area (Å²) in [6.07, 6.45) is 3.86. The molecule has 1 heteroatoms. The summed E-state index contributed by atoms with van der Waals surface area (Å²) >= 11 is 0. The van der Waals surface area contributed by atoms with Gasteiger partial charge in [-0.3, -0.25) is 0 Å². The minimum Gasteiger partial charge on any atom is -0.384 e. The van der Waals surface area contributed by atoms with Crippen molar-refractivity contribution >= 4 is 0 Å². The molecule has 0 heterocycles. The molecule has 1 aromatic rings. The van der Waals surface area contributed by atoms with E-state index in [4.69, 9.17) is 4.74 Å². The van der Waals surface area contributed by atoms with Crippen LogP contribution < -0.4 is 0 Å². The third kappa shape index (κ3) is 3.43. The molecule has 0 aliphatic rings. The maximum atomic E-state index is 5.03. The fraction of sp³-hybridized carbons (Fsp3) is 0.333. The van der Waals surface area contributed by atoms with E-state index in [2.05, 4.69) is 30.8 Å². The molecule has 0 aromatic heterocycles. The minimum absolute atomic E-state index is 0.789. The lowest BCUT2D eigenvalue weighted by Gasteiger charge is -2.02. The number of benzene rings is 1. The van der Waals surface area contributed by atoms with Crippen molar-refractivity contribution in [2.75, 3.05) is 13.7 Å². The van der Waals surface area contributed by atoms with Gasteiger partial charge in [0, 0.05) is 7.11 Å². The van der Waals surface area contributed by atoms with E-state index in [-0.39, 0.29) is 0 Å². The molecule has 0 aliphatic carbocycles. The average molecular weight is 176 g/mol. The minimum atomic E-state index is 0.789. The van der Waals surface area contributed by atoms with Crippen LogP contribution in [0.4, 0.5) is 0 Å². The predicted octanol–water partition coefficient (Wildman–Crippen LogP) is 2.60. The zero-order chi connectivity index (χ0) is 9.52. The van der Waals surface area contributed by atoms with Crippen LogP contribution in [0.5, 0.6) is 0 Å². The lowest BCUT2D eigenvalue weighted by Crippen LogP contribution is -1.95. The first-order valence-corrected chi connectivity index (χ1v) is 4.54. The smallest absolute Gasteiger partial charge is 0.0502 e. The molecule has 0 N–H and O–H groups in total. The van der Waals surface area contributed by atoms with Crippen LogP contribution in [-0.2, 0) is 17.6 Å². The average Bonchev–Trinajstić information content (AvgIpc) is 2.16. The molecule has 0 fully saturated rings. The highest BCUT2D eigenvalue weighted by Crippen LogP contribution is 2.07. The number of hydrogen-bond acceptors (Lipinski definition) is 1. The Hall–Kier alpha value is -1.08.